The van der Waals surface area contributed by atoms with Crippen LogP contribution in [0.1, 0.15) is 29.8 Å². The Bertz CT molecular complexity index is 1050. The van der Waals surface area contributed by atoms with Crippen LogP contribution in [0.3, 0.4) is 0 Å². The van der Waals surface area contributed by atoms with E-state index in [0.29, 0.717) is 22.5 Å². The van der Waals surface area contributed by atoms with Crippen molar-refractivity contribution < 1.29 is 29.0 Å². The number of methoxy groups -OCH3 is 1. The van der Waals surface area contributed by atoms with E-state index in [2.05, 4.69) is 0 Å². The second kappa shape index (κ2) is 8.65. The Morgan fingerprint density at radius 3 is 2.23 bits per heavy atom. The zero-order valence-electron chi connectivity index (χ0n) is 16.8. The minimum Gasteiger partial charge on any atom is -0.508 e. The molecule has 1 aliphatic rings. The van der Waals surface area contributed by atoms with Gasteiger partial charge < -0.3 is 14.6 Å². The van der Waals surface area contributed by atoms with Gasteiger partial charge in [-0.1, -0.05) is 12.1 Å². The van der Waals surface area contributed by atoms with E-state index in [4.69, 9.17) is 9.47 Å². The number of anilines is 1. The summed E-state index contributed by atoms with van der Waals surface area (Å²) in [4.78, 5) is 38.9. The molecule has 1 heterocycles. The molecule has 7 heteroatoms. The molecule has 1 amide bonds. The van der Waals surface area contributed by atoms with Crippen LogP contribution in [0.5, 0.6) is 5.75 Å². The van der Waals surface area contributed by atoms with E-state index in [-0.39, 0.29) is 23.5 Å². The van der Waals surface area contributed by atoms with Crippen LogP contribution in [0.15, 0.2) is 65.4 Å². The number of amides is 1. The van der Waals surface area contributed by atoms with Crippen LogP contribution in [-0.2, 0) is 19.1 Å². The molecule has 0 bridgehead atoms. The number of rotatable bonds is 5. The van der Waals surface area contributed by atoms with Crippen LogP contribution in [0.4, 0.5) is 5.69 Å². The fourth-order valence-electron chi connectivity index (χ4n) is 3.19. The van der Waals surface area contributed by atoms with Crippen LogP contribution in [0.25, 0.3) is 6.08 Å². The molecule has 30 heavy (non-hydrogen) atoms. The van der Waals surface area contributed by atoms with Gasteiger partial charge in [-0.15, -0.1) is 0 Å². The lowest BCUT2D eigenvalue weighted by atomic mass is 10.0. The lowest BCUT2D eigenvalue weighted by Gasteiger charge is -2.18. The Morgan fingerprint density at radius 1 is 1.03 bits per heavy atom. The molecule has 0 aromatic heterocycles. The van der Waals surface area contributed by atoms with Crippen molar-refractivity contribution in [2.24, 2.45) is 0 Å². The third kappa shape index (κ3) is 3.96. The van der Waals surface area contributed by atoms with E-state index in [0.717, 1.165) is 0 Å². The number of nitrogens with zero attached hydrogens (tertiary/aromatic N) is 1. The Morgan fingerprint density at radius 2 is 1.67 bits per heavy atom. The predicted molar refractivity (Wildman–Crippen MR) is 111 cm³/mol. The van der Waals surface area contributed by atoms with Crippen molar-refractivity contribution in [3.05, 3.63) is 76.5 Å². The first kappa shape index (κ1) is 20.9. The maximum atomic E-state index is 13.2. The van der Waals surface area contributed by atoms with Gasteiger partial charge in [0.2, 0.25) is 0 Å². The Hall–Kier alpha value is -3.87. The van der Waals surface area contributed by atoms with Gasteiger partial charge in [-0.3, -0.25) is 9.69 Å². The first-order valence-corrected chi connectivity index (χ1v) is 9.29. The number of hydrogen-bond donors (Lipinski definition) is 1. The Balaban J connectivity index is 2.03. The zero-order valence-corrected chi connectivity index (χ0v) is 16.8. The number of esters is 2. The average Bonchev–Trinajstić information content (AvgIpc) is 2.99. The van der Waals surface area contributed by atoms with Crippen molar-refractivity contribution in [1.82, 2.24) is 0 Å². The molecule has 3 rings (SSSR count). The molecule has 0 atom stereocenters. The van der Waals surface area contributed by atoms with Gasteiger partial charge in [-0.2, -0.15) is 0 Å². The molecule has 0 saturated heterocycles. The van der Waals surface area contributed by atoms with Crippen LogP contribution in [-0.4, -0.2) is 36.7 Å². The molecule has 2 aromatic carbocycles. The maximum Gasteiger partial charge on any atom is 0.340 e. The lowest BCUT2D eigenvalue weighted by Crippen LogP contribution is -2.24. The number of hydrogen-bond acceptors (Lipinski definition) is 6. The average molecular weight is 407 g/mol. The van der Waals surface area contributed by atoms with Gasteiger partial charge in [0.15, 0.2) is 0 Å². The van der Waals surface area contributed by atoms with E-state index in [1.807, 2.05) is 0 Å². The van der Waals surface area contributed by atoms with Gasteiger partial charge in [0.25, 0.3) is 5.91 Å². The number of aromatic hydroxyl groups is 1. The van der Waals surface area contributed by atoms with Gasteiger partial charge in [0.1, 0.15) is 5.75 Å². The lowest BCUT2D eigenvalue weighted by molar-refractivity contribution is -0.136. The highest BCUT2D eigenvalue weighted by molar-refractivity contribution is 6.23. The number of ether oxygens (including phenoxy) is 2. The maximum absolute atomic E-state index is 13.2. The normalized spacial score (nSPS) is 15.0. The molecule has 0 unspecified atom stereocenters. The van der Waals surface area contributed by atoms with Gasteiger partial charge in [0.05, 0.1) is 30.4 Å². The Labute approximate surface area is 173 Å². The van der Waals surface area contributed by atoms with Gasteiger partial charge in [-0.05, 0) is 61.9 Å². The van der Waals surface area contributed by atoms with Crippen molar-refractivity contribution >= 4 is 29.6 Å². The predicted octanol–water partition coefficient (Wildman–Crippen LogP) is 3.45. The summed E-state index contributed by atoms with van der Waals surface area (Å²) >= 11 is 0. The standard InChI is InChI=1S/C23H21NO6/c1-4-30-22(27)16-7-9-17(10-8-16)24-14(2)20(23(28)29-3)19(21(24)26)13-15-5-11-18(25)12-6-15/h5-13,25H,4H2,1-3H3/b19-13-. The van der Waals surface area contributed by atoms with Crippen molar-refractivity contribution in [1.29, 1.82) is 0 Å². The third-order valence-electron chi connectivity index (χ3n) is 4.63. The van der Waals surface area contributed by atoms with Crippen LogP contribution < -0.4 is 4.90 Å². The molecule has 7 nitrogen and oxygen atoms in total. The molecule has 0 saturated carbocycles. The second-order valence-corrected chi connectivity index (χ2v) is 6.51. The molecule has 0 fully saturated rings. The largest absolute Gasteiger partial charge is 0.508 e. The van der Waals surface area contributed by atoms with Crippen molar-refractivity contribution in [2.45, 2.75) is 13.8 Å². The molecule has 154 valence electrons. The molecular formula is C23H21NO6. The summed E-state index contributed by atoms with van der Waals surface area (Å²) in [6, 6.07) is 12.6. The van der Waals surface area contributed by atoms with Crippen molar-refractivity contribution in [2.75, 3.05) is 18.6 Å². The first-order chi connectivity index (χ1) is 14.4. The quantitative estimate of drug-likeness (QED) is 0.603. The summed E-state index contributed by atoms with van der Waals surface area (Å²) in [5.41, 5.74) is 2.26. The number of carbonyl (C=O) groups is 3. The fourth-order valence-corrected chi connectivity index (χ4v) is 3.19. The SMILES string of the molecule is CCOC(=O)c1ccc(N2C(=O)/C(=C\c3ccc(O)cc3)C(C(=O)OC)=C2C)cc1. The fraction of sp³-hybridized carbons (Fsp3) is 0.174. The molecule has 1 aliphatic heterocycles. The zero-order chi connectivity index (χ0) is 21.8. The molecule has 0 radical (unpaired) electrons. The minimum atomic E-state index is -0.628. The van der Waals surface area contributed by atoms with E-state index in [1.54, 1.807) is 56.3 Å². The highest BCUT2D eigenvalue weighted by atomic mass is 16.5. The number of allylic oxidation sites excluding steroid dienone is 1. The number of benzene rings is 2. The summed E-state index contributed by atoms with van der Waals surface area (Å²) in [6.45, 7) is 3.64. The number of carbonyl (C=O) groups excluding carboxylic acids is 3. The van der Waals surface area contributed by atoms with Crippen LogP contribution >= 0.6 is 0 Å². The molecule has 2 aromatic rings. The molecule has 0 aliphatic carbocycles. The van der Waals surface area contributed by atoms with Gasteiger partial charge in [0, 0.05) is 11.4 Å². The smallest absolute Gasteiger partial charge is 0.340 e. The molecular weight excluding hydrogens is 386 g/mol. The van der Waals surface area contributed by atoms with E-state index < -0.39 is 17.8 Å². The third-order valence-corrected chi connectivity index (χ3v) is 4.63. The molecule has 1 N–H and O–H groups in total. The van der Waals surface area contributed by atoms with E-state index >= 15 is 0 Å². The topological polar surface area (TPSA) is 93.1 Å². The van der Waals surface area contributed by atoms with Gasteiger partial charge in [-0.25, -0.2) is 9.59 Å². The highest BCUT2D eigenvalue weighted by Crippen LogP contribution is 2.35. The van der Waals surface area contributed by atoms with Gasteiger partial charge >= 0.3 is 11.9 Å². The summed E-state index contributed by atoms with van der Waals surface area (Å²) < 4.78 is 9.86. The molecule has 0 spiro atoms. The van der Waals surface area contributed by atoms with Crippen molar-refractivity contribution in [3.63, 3.8) is 0 Å². The highest BCUT2D eigenvalue weighted by Gasteiger charge is 2.37. The van der Waals surface area contributed by atoms with Crippen LogP contribution in [0.2, 0.25) is 0 Å². The summed E-state index contributed by atoms with van der Waals surface area (Å²) in [7, 11) is 1.25. The van der Waals surface area contributed by atoms with E-state index in [9.17, 15) is 19.5 Å². The second-order valence-electron chi connectivity index (χ2n) is 6.51. The minimum absolute atomic E-state index is 0.0955. The summed E-state index contributed by atoms with van der Waals surface area (Å²) in [5, 5.41) is 9.46. The first-order valence-electron chi connectivity index (χ1n) is 9.29. The van der Waals surface area contributed by atoms with Crippen LogP contribution in [0, 0.1) is 0 Å². The monoisotopic (exact) mass is 407 g/mol. The summed E-state index contributed by atoms with van der Waals surface area (Å²) in [5.74, 6) is -1.38. The number of phenolic OH excluding ortho intramolecular Hbond substituents is 1. The Kier molecular flexibility index (Phi) is 6.01. The number of phenols is 1. The summed E-state index contributed by atoms with van der Waals surface area (Å²) in [6.07, 6.45) is 1.57. The van der Waals surface area contributed by atoms with E-state index in [1.165, 1.54) is 24.1 Å². The van der Waals surface area contributed by atoms with Crippen molar-refractivity contribution in [3.8, 4) is 5.75 Å².